The number of hydrogen-bond donors (Lipinski definition) is 2. The average molecular weight is 319 g/mol. The lowest BCUT2D eigenvalue weighted by Gasteiger charge is -2.21. The van der Waals surface area contributed by atoms with E-state index in [1.54, 1.807) is 13.8 Å². The fourth-order valence-corrected chi connectivity index (χ4v) is 1.74. The van der Waals surface area contributed by atoms with Crippen LogP contribution in [0.3, 0.4) is 0 Å². The Bertz CT molecular complexity index is 577. The molecule has 1 rings (SSSR count). The molecule has 0 saturated carbocycles. The standard InChI is InChI=1S/C14H14ClF3N2O/c1-4-13(2,3)20-12(21)11-9(15)6-5-7-10(11)19-8-14(16,17)18/h1,5-7,19H,8H2,2-3H3,(H,20,21). The van der Waals surface area contributed by atoms with Crippen molar-refractivity contribution in [2.24, 2.45) is 0 Å². The van der Waals surface area contributed by atoms with Crippen LogP contribution in [0.5, 0.6) is 0 Å². The number of terminal acetylenes is 1. The number of nitrogens with one attached hydrogen (secondary N) is 2. The molecule has 0 aromatic heterocycles. The van der Waals surface area contributed by atoms with Gasteiger partial charge in [0.25, 0.3) is 5.91 Å². The Morgan fingerprint density at radius 3 is 2.52 bits per heavy atom. The molecule has 1 aromatic carbocycles. The summed E-state index contributed by atoms with van der Waals surface area (Å²) in [6.45, 7) is 1.90. The predicted molar refractivity (Wildman–Crippen MR) is 76.4 cm³/mol. The Kier molecular flexibility index (Phi) is 5.13. The van der Waals surface area contributed by atoms with Crippen LogP contribution in [0.1, 0.15) is 24.2 Å². The molecule has 0 aliphatic carbocycles. The molecular weight excluding hydrogens is 305 g/mol. The van der Waals surface area contributed by atoms with Crippen LogP contribution >= 0.6 is 11.6 Å². The molecule has 0 heterocycles. The first-order valence-corrected chi connectivity index (χ1v) is 6.33. The van der Waals surface area contributed by atoms with E-state index in [9.17, 15) is 18.0 Å². The van der Waals surface area contributed by atoms with Gasteiger partial charge in [-0.25, -0.2) is 0 Å². The highest BCUT2D eigenvalue weighted by Crippen LogP contribution is 2.26. The lowest BCUT2D eigenvalue weighted by atomic mass is 10.1. The van der Waals surface area contributed by atoms with E-state index in [0.29, 0.717) is 0 Å². The molecule has 0 fully saturated rings. The van der Waals surface area contributed by atoms with Gasteiger partial charge in [0.05, 0.1) is 16.1 Å². The van der Waals surface area contributed by atoms with Gasteiger partial charge in [0, 0.05) is 5.69 Å². The highest BCUT2D eigenvalue weighted by Gasteiger charge is 2.28. The summed E-state index contributed by atoms with van der Waals surface area (Å²) in [4.78, 5) is 12.2. The quantitative estimate of drug-likeness (QED) is 0.835. The van der Waals surface area contributed by atoms with E-state index in [-0.39, 0.29) is 16.3 Å². The first-order valence-electron chi connectivity index (χ1n) is 5.95. The Labute approximate surface area is 125 Å². The van der Waals surface area contributed by atoms with Crippen molar-refractivity contribution < 1.29 is 18.0 Å². The van der Waals surface area contributed by atoms with Crippen molar-refractivity contribution in [3.63, 3.8) is 0 Å². The number of benzene rings is 1. The van der Waals surface area contributed by atoms with Gasteiger partial charge in [0.1, 0.15) is 6.54 Å². The maximum absolute atomic E-state index is 12.3. The SMILES string of the molecule is C#CC(C)(C)NC(=O)c1c(Cl)cccc1NCC(F)(F)F. The highest BCUT2D eigenvalue weighted by atomic mass is 35.5. The molecular formula is C14H14ClF3N2O. The number of hydrogen-bond acceptors (Lipinski definition) is 2. The van der Waals surface area contributed by atoms with Gasteiger partial charge >= 0.3 is 6.18 Å². The van der Waals surface area contributed by atoms with E-state index in [1.807, 2.05) is 0 Å². The van der Waals surface area contributed by atoms with Gasteiger partial charge < -0.3 is 10.6 Å². The molecule has 7 heteroatoms. The van der Waals surface area contributed by atoms with E-state index in [1.165, 1.54) is 18.2 Å². The van der Waals surface area contributed by atoms with Gasteiger partial charge in [-0.05, 0) is 26.0 Å². The lowest BCUT2D eigenvalue weighted by molar-refractivity contribution is -0.115. The fourth-order valence-electron chi connectivity index (χ4n) is 1.48. The van der Waals surface area contributed by atoms with Crippen molar-refractivity contribution in [2.75, 3.05) is 11.9 Å². The maximum atomic E-state index is 12.3. The molecule has 2 N–H and O–H groups in total. The number of halogens is 4. The van der Waals surface area contributed by atoms with Crippen molar-refractivity contribution in [1.29, 1.82) is 0 Å². The topological polar surface area (TPSA) is 41.1 Å². The second-order valence-corrected chi connectivity index (χ2v) is 5.26. The first kappa shape index (κ1) is 17.2. The highest BCUT2D eigenvalue weighted by molar-refractivity contribution is 6.34. The lowest BCUT2D eigenvalue weighted by Crippen LogP contribution is -2.42. The van der Waals surface area contributed by atoms with Crippen LogP contribution in [-0.4, -0.2) is 24.2 Å². The largest absolute Gasteiger partial charge is 0.405 e. The van der Waals surface area contributed by atoms with E-state index in [2.05, 4.69) is 16.6 Å². The number of carbonyl (C=O) groups excluding carboxylic acids is 1. The number of carbonyl (C=O) groups is 1. The average Bonchev–Trinajstić information content (AvgIpc) is 2.34. The molecule has 3 nitrogen and oxygen atoms in total. The third-order valence-corrected chi connectivity index (χ3v) is 2.82. The van der Waals surface area contributed by atoms with Gasteiger partial charge in [-0.2, -0.15) is 13.2 Å². The van der Waals surface area contributed by atoms with Crippen LogP contribution in [0, 0.1) is 12.3 Å². The molecule has 114 valence electrons. The van der Waals surface area contributed by atoms with Crippen LogP contribution < -0.4 is 10.6 Å². The molecule has 0 atom stereocenters. The molecule has 0 unspecified atom stereocenters. The van der Waals surface area contributed by atoms with Crippen molar-refractivity contribution in [2.45, 2.75) is 25.6 Å². The van der Waals surface area contributed by atoms with Gasteiger partial charge in [-0.1, -0.05) is 23.6 Å². The zero-order valence-electron chi connectivity index (χ0n) is 11.4. The third-order valence-electron chi connectivity index (χ3n) is 2.51. The van der Waals surface area contributed by atoms with Crippen molar-refractivity contribution in [1.82, 2.24) is 5.32 Å². The van der Waals surface area contributed by atoms with Crippen molar-refractivity contribution >= 4 is 23.2 Å². The molecule has 1 aromatic rings. The van der Waals surface area contributed by atoms with E-state index in [4.69, 9.17) is 18.0 Å². The molecule has 0 aliphatic heterocycles. The summed E-state index contributed by atoms with van der Waals surface area (Å²) in [6.07, 6.45) is 0.854. The van der Waals surface area contributed by atoms with Crippen LogP contribution in [0.2, 0.25) is 5.02 Å². The van der Waals surface area contributed by atoms with Crippen LogP contribution in [-0.2, 0) is 0 Å². The van der Waals surface area contributed by atoms with E-state index < -0.39 is 24.2 Å². The maximum Gasteiger partial charge on any atom is 0.405 e. The zero-order chi connectivity index (χ0) is 16.3. The summed E-state index contributed by atoms with van der Waals surface area (Å²) in [5.41, 5.74) is -1.03. The molecule has 0 spiro atoms. The smallest absolute Gasteiger partial charge is 0.376 e. The summed E-state index contributed by atoms with van der Waals surface area (Å²) >= 11 is 5.91. The van der Waals surface area contributed by atoms with Gasteiger partial charge in [-0.15, -0.1) is 6.42 Å². The predicted octanol–water partition coefficient (Wildman–Crippen LogP) is 3.46. The molecule has 1 amide bonds. The van der Waals surface area contributed by atoms with Crippen LogP contribution in [0.25, 0.3) is 0 Å². The summed E-state index contributed by atoms with van der Waals surface area (Å²) in [6, 6.07) is 4.21. The minimum Gasteiger partial charge on any atom is -0.376 e. The Hall–Kier alpha value is -1.87. The molecule has 0 bridgehead atoms. The summed E-state index contributed by atoms with van der Waals surface area (Å²) in [5, 5.41) is 4.71. The number of amides is 1. The zero-order valence-corrected chi connectivity index (χ0v) is 12.2. The first-order chi connectivity index (χ1) is 9.56. The fraction of sp³-hybridized carbons (Fsp3) is 0.357. The minimum absolute atomic E-state index is 0.00912. The number of rotatable bonds is 4. The minimum atomic E-state index is -4.41. The summed E-state index contributed by atoms with van der Waals surface area (Å²) < 4.78 is 36.8. The van der Waals surface area contributed by atoms with Gasteiger partial charge in [0.15, 0.2) is 0 Å². The Balaban J connectivity index is 3.06. The Morgan fingerprint density at radius 2 is 2.00 bits per heavy atom. The number of anilines is 1. The third kappa shape index (κ3) is 5.20. The number of alkyl halides is 3. The van der Waals surface area contributed by atoms with Crippen molar-refractivity contribution in [3.8, 4) is 12.3 Å². The molecule has 0 saturated heterocycles. The van der Waals surface area contributed by atoms with Gasteiger partial charge in [-0.3, -0.25) is 4.79 Å². The van der Waals surface area contributed by atoms with Crippen LogP contribution in [0.15, 0.2) is 18.2 Å². The van der Waals surface area contributed by atoms with Crippen LogP contribution in [0.4, 0.5) is 18.9 Å². The Morgan fingerprint density at radius 1 is 1.38 bits per heavy atom. The van der Waals surface area contributed by atoms with Gasteiger partial charge in [0.2, 0.25) is 0 Å². The molecule has 0 radical (unpaired) electrons. The summed E-state index contributed by atoms with van der Waals surface area (Å²) in [5.74, 6) is 1.72. The monoisotopic (exact) mass is 318 g/mol. The molecule has 21 heavy (non-hydrogen) atoms. The normalized spacial score (nSPS) is 11.7. The van der Waals surface area contributed by atoms with E-state index in [0.717, 1.165) is 0 Å². The second-order valence-electron chi connectivity index (χ2n) is 4.85. The summed E-state index contributed by atoms with van der Waals surface area (Å²) in [7, 11) is 0. The molecule has 0 aliphatic rings. The second kappa shape index (κ2) is 6.27. The van der Waals surface area contributed by atoms with Crippen molar-refractivity contribution in [3.05, 3.63) is 28.8 Å². The van der Waals surface area contributed by atoms with E-state index >= 15 is 0 Å².